The molecule has 0 unspecified atom stereocenters. The van der Waals surface area contributed by atoms with Crippen LogP contribution in [-0.2, 0) is 16.2 Å². The molecule has 11 heteroatoms. The van der Waals surface area contributed by atoms with Crippen molar-refractivity contribution in [3.05, 3.63) is 126 Å². The van der Waals surface area contributed by atoms with Gasteiger partial charge in [0.05, 0.1) is 17.1 Å². The van der Waals surface area contributed by atoms with Gasteiger partial charge < -0.3 is 14.8 Å². The smallest absolute Gasteiger partial charge is 0.489 e. The molecule has 43 heavy (non-hydrogen) atoms. The van der Waals surface area contributed by atoms with E-state index in [4.69, 9.17) is 4.74 Å². The summed E-state index contributed by atoms with van der Waals surface area (Å²) in [7, 11) is 0. The number of amidine groups is 1. The molecule has 0 fully saturated rings. The van der Waals surface area contributed by atoms with Crippen LogP contribution in [0.5, 0.6) is 11.5 Å². The molecule has 0 bridgehead atoms. The number of hydrogen-bond acceptors (Lipinski definition) is 6. The summed E-state index contributed by atoms with van der Waals surface area (Å²) in [5.74, 6) is -1.08. The minimum atomic E-state index is -4.91. The Bertz CT molecular complexity index is 1640. The molecule has 4 aromatic carbocycles. The van der Waals surface area contributed by atoms with E-state index in [0.717, 1.165) is 29.0 Å². The average molecular weight is 604 g/mol. The van der Waals surface area contributed by atoms with Crippen molar-refractivity contribution in [3.8, 4) is 11.5 Å². The molecular weight excluding hydrogens is 579 g/mol. The van der Waals surface area contributed by atoms with Gasteiger partial charge in [-0.2, -0.15) is 0 Å². The highest BCUT2D eigenvalue weighted by molar-refractivity contribution is 8.14. The zero-order valence-electron chi connectivity index (χ0n) is 22.5. The lowest BCUT2D eigenvalue weighted by molar-refractivity contribution is -0.274. The predicted molar refractivity (Wildman–Crippen MR) is 161 cm³/mol. The molecule has 7 nitrogen and oxygen atoms in total. The number of halogens is 3. The van der Waals surface area contributed by atoms with Crippen molar-refractivity contribution in [2.45, 2.75) is 13.0 Å². The first-order valence-electron chi connectivity index (χ1n) is 13.0. The maximum atomic E-state index is 13.4. The molecule has 1 N–H and O–H groups in total. The Morgan fingerprint density at radius 1 is 0.884 bits per heavy atom. The molecule has 2 amide bonds. The zero-order chi connectivity index (χ0) is 30.2. The number of thioether (sulfide) groups is 1. The Kier molecular flexibility index (Phi) is 9.11. The van der Waals surface area contributed by atoms with Gasteiger partial charge in [-0.05, 0) is 53.6 Å². The third-order valence-electron chi connectivity index (χ3n) is 5.99. The summed E-state index contributed by atoms with van der Waals surface area (Å²) in [4.78, 5) is 32.0. The third-order valence-corrected chi connectivity index (χ3v) is 6.93. The number of anilines is 2. The van der Waals surface area contributed by atoms with Crippen LogP contribution >= 0.6 is 11.8 Å². The standard InChI is InChI=1S/C32H24F3N3O4S/c33-32(34,35)42-28-14-8-7-13-26(28)36-29(39)21-43-31-37-27(30(40)38(31)24-11-5-2-6-12-24)19-22-15-17-25(18-16-22)41-20-23-9-3-1-4-10-23/h1-19H,20-21H2,(H,36,39)/b27-19+. The Hall–Kier alpha value is -5.03. The van der Waals surface area contributed by atoms with E-state index >= 15 is 0 Å². The molecule has 1 heterocycles. The molecule has 0 saturated carbocycles. The van der Waals surface area contributed by atoms with Crippen LogP contribution in [0, 0.1) is 0 Å². The highest BCUT2D eigenvalue weighted by Gasteiger charge is 2.33. The van der Waals surface area contributed by atoms with Crippen molar-refractivity contribution in [2.24, 2.45) is 4.99 Å². The Labute approximate surface area is 249 Å². The summed E-state index contributed by atoms with van der Waals surface area (Å²) >= 11 is 0.978. The van der Waals surface area contributed by atoms with E-state index in [2.05, 4.69) is 15.0 Å². The number of benzene rings is 4. The van der Waals surface area contributed by atoms with Gasteiger partial charge in [0.25, 0.3) is 5.91 Å². The third kappa shape index (κ3) is 8.04. The summed E-state index contributed by atoms with van der Waals surface area (Å²) in [6.45, 7) is 0.422. The first-order valence-corrected chi connectivity index (χ1v) is 14.0. The van der Waals surface area contributed by atoms with Gasteiger partial charge in [0.2, 0.25) is 5.91 Å². The quantitative estimate of drug-likeness (QED) is 0.204. The number of aliphatic imine (C=N–C) groups is 1. The lowest BCUT2D eigenvalue weighted by Gasteiger charge is -2.18. The summed E-state index contributed by atoms with van der Waals surface area (Å²) < 4.78 is 48.1. The van der Waals surface area contributed by atoms with Gasteiger partial charge in [-0.15, -0.1) is 13.2 Å². The number of hydrogen-bond donors (Lipinski definition) is 1. The molecule has 1 aliphatic heterocycles. The zero-order valence-corrected chi connectivity index (χ0v) is 23.3. The fraction of sp³-hybridized carbons (Fsp3) is 0.0938. The number of rotatable bonds is 9. The van der Waals surface area contributed by atoms with E-state index < -0.39 is 18.0 Å². The van der Waals surface area contributed by atoms with Crippen LogP contribution in [0.2, 0.25) is 0 Å². The number of ether oxygens (including phenoxy) is 2. The molecule has 0 radical (unpaired) electrons. The highest BCUT2D eigenvalue weighted by atomic mass is 32.2. The normalized spacial score (nSPS) is 14.0. The van der Waals surface area contributed by atoms with Crippen LogP contribution < -0.4 is 19.7 Å². The second-order valence-electron chi connectivity index (χ2n) is 9.12. The molecule has 0 saturated heterocycles. The fourth-order valence-corrected chi connectivity index (χ4v) is 4.87. The van der Waals surface area contributed by atoms with Gasteiger partial charge in [-0.25, -0.2) is 4.99 Å². The van der Waals surface area contributed by atoms with Gasteiger partial charge >= 0.3 is 6.36 Å². The Balaban J connectivity index is 1.30. The Morgan fingerprint density at radius 3 is 2.23 bits per heavy atom. The minimum absolute atomic E-state index is 0.133. The molecule has 0 atom stereocenters. The summed E-state index contributed by atoms with van der Waals surface area (Å²) in [5.41, 5.74) is 2.34. The van der Waals surface area contributed by atoms with Crippen molar-refractivity contribution in [3.63, 3.8) is 0 Å². The lowest BCUT2D eigenvalue weighted by atomic mass is 10.2. The fourth-order valence-electron chi connectivity index (χ4n) is 4.06. The Morgan fingerprint density at radius 2 is 1.53 bits per heavy atom. The molecule has 1 aliphatic rings. The second-order valence-corrected chi connectivity index (χ2v) is 10.1. The monoisotopic (exact) mass is 603 g/mol. The van der Waals surface area contributed by atoms with Crippen LogP contribution in [0.3, 0.4) is 0 Å². The first kappa shape index (κ1) is 29.5. The van der Waals surface area contributed by atoms with E-state index in [1.54, 1.807) is 48.5 Å². The molecule has 4 aromatic rings. The minimum Gasteiger partial charge on any atom is -0.489 e. The van der Waals surface area contributed by atoms with Crippen molar-refractivity contribution in [1.82, 2.24) is 0 Å². The van der Waals surface area contributed by atoms with E-state index in [1.165, 1.54) is 23.1 Å². The topological polar surface area (TPSA) is 80.2 Å². The van der Waals surface area contributed by atoms with Gasteiger partial charge in [-0.1, -0.05) is 84.6 Å². The highest BCUT2D eigenvalue weighted by Crippen LogP contribution is 2.32. The van der Waals surface area contributed by atoms with Gasteiger partial charge in [-0.3, -0.25) is 14.5 Å². The number of para-hydroxylation sites is 3. The number of carbonyl (C=O) groups is 2. The summed E-state index contributed by atoms with van der Waals surface area (Å²) in [5, 5.41) is 2.68. The summed E-state index contributed by atoms with van der Waals surface area (Å²) in [6.07, 6.45) is -3.28. The number of nitrogens with zero attached hydrogens (tertiary/aromatic N) is 2. The number of carbonyl (C=O) groups excluding carboxylic acids is 2. The maximum Gasteiger partial charge on any atom is 0.573 e. The molecule has 0 spiro atoms. The number of amides is 2. The van der Waals surface area contributed by atoms with Crippen LogP contribution in [0.1, 0.15) is 11.1 Å². The SMILES string of the molecule is O=C(CSC1=N/C(=C/c2ccc(OCc3ccccc3)cc2)C(=O)N1c1ccccc1)Nc1ccccc1OC(F)(F)F. The molecular formula is C32H24F3N3O4S. The van der Waals surface area contributed by atoms with Gasteiger partial charge in [0, 0.05) is 0 Å². The van der Waals surface area contributed by atoms with Crippen molar-refractivity contribution in [2.75, 3.05) is 16.0 Å². The maximum absolute atomic E-state index is 13.4. The van der Waals surface area contributed by atoms with Crippen molar-refractivity contribution < 1.29 is 32.2 Å². The molecule has 0 aliphatic carbocycles. The van der Waals surface area contributed by atoms with Crippen molar-refractivity contribution in [1.29, 1.82) is 0 Å². The van der Waals surface area contributed by atoms with Crippen LogP contribution in [-0.4, -0.2) is 29.1 Å². The lowest BCUT2D eigenvalue weighted by Crippen LogP contribution is -2.31. The van der Waals surface area contributed by atoms with Gasteiger partial charge in [0.15, 0.2) is 10.9 Å². The predicted octanol–water partition coefficient (Wildman–Crippen LogP) is 7.28. The van der Waals surface area contributed by atoms with Crippen LogP contribution in [0.4, 0.5) is 24.5 Å². The first-order chi connectivity index (χ1) is 20.7. The van der Waals surface area contributed by atoms with Crippen LogP contribution in [0.25, 0.3) is 6.08 Å². The molecule has 218 valence electrons. The van der Waals surface area contributed by atoms with E-state index in [-0.39, 0.29) is 28.2 Å². The number of nitrogens with one attached hydrogen (secondary N) is 1. The molecule has 0 aromatic heterocycles. The average Bonchev–Trinajstić information content (AvgIpc) is 3.31. The van der Waals surface area contributed by atoms with Gasteiger partial charge in [0.1, 0.15) is 18.1 Å². The molecule has 5 rings (SSSR count). The second kappa shape index (κ2) is 13.3. The largest absolute Gasteiger partial charge is 0.573 e. The number of alkyl halides is 3. The summed E-state index contributed by atoms with van der Waals surface area (Å²) in [6, 6.07) is 31.0. The van der Waals surface area contributed by atoms with E-state index in [1.807, 2.05) is 42.5 Å². The van der Waals surface area contributed by atoms with Crippen LogP contribution in [0.15, 0.2) is 120 Å². The van der Waals surface area contributed by atoms with Crippen molar-refractivity contribution >= 4 is 46.2 Å². The van der Waals surface area contributed by atoms with E-state index in [9.17, 15) is 22.8 Å². The van der Waals surface area contributed by atoms with E-state index in [0.29, 0.717) is 18.0 Å².